The lowest BCUT2D eigenvalue weighted by molar-refractivity contribution is -0.130. The van der Waals surface area contributed by atoms with E-state index in [0.29, 0.717) is 6.54 Å². The summed E-state index contributed by atoms with van der Waals surface area (Å²) in [5.74, 6) is 0.155. The van der Waals surface area contributed by atoms with Gasteiger partial charge in [0, 0.05) is 31.5 Å². The second kappa shape index (κ2) is 7.06. The molecule has 0 saturated heterocycles. The minimum Gasteiger partial charge on any atom is -0.342 e. The van der Waals surface area contributed by atoms with Gasteiger partial charge in [-0.1, -0.05) is 0 Å². The summed E-state index contributed by atoms with van der Waals surface area (Å²) >= 11 is 0. The van der Waals surface area contributed by atoms with Crippen LogP contribution in [0.15, 0.2) is 18.5 Å². The van der Waals surface area contributed by atoms with Crippen molar-refractivity contribution in [3.05, 3.63) is 18.5 Å². The number of amides is 1. The average Bonchev–Trinajstić information content (AvgIpc) is 2.81. The van der Waals surface area contributed by atoms with Crippen LogP contribution in [-0.2, 0) is 11.3 Å². The van der Waals surface area contributed by atoms with Crippen LogP contribution in [0.5, 0.6) is 0 Å². The number of carbonyl (C=O) groups excluding carboxylic acids is 1. The van der Waals surface area contributed by atoms with Crippen LogP contribution in [0.2, 0.25) is 0 Å². The van der Waals surface area contributed by atoms with E-state index in [2.05, 4.69) is 17.3 Å². The summed E-state index contributed by atoms with van der Waals surface area (Å²) in [6.45, 7) is 8.75. The van der Waals surface area contributed by atoms with Crippen molar-refractivity contribution in [1.29, 1.82) is 0 Å². The number of nitrogens with zero attached hydrogens (tertiary/aromatic N) is 3. The van der Waals surface area contributed by atoms with Crippen LogP contribution >= 0.6 is 0 Å². The fourth-order valence-electron chi connectivity index (χ4n) is 1.70. The number of carbonyl (C=O) groups is 1. The summed E-state index contributed by atoms with van der Waals surface area (Å²) in [5, 5.41) is 7.35. The Kier molecular flexibility index (Phi) is 5.69. The van der Waals surface area contributed by atoms with Gasteiger partial charge in [0.2, 0.25) is 5.91 Å². The molecule has 17 heavy (non-hydrogen) atoms. The second-order valence-electron chi connectivity index (χ2n) is 4.08. The minimum absolute atomic E-state index is 0.155. The normalized spacial score (nSPS) is 12.4. The number of likely N-dealkylation sites (N-methyl/N-ethyl adjacent to an activating group) is 1. The van der Waals surface area contributed by atoms with Gasteiger partial charge in [0.1, 0.15) is 0 Å². The van der Waals surface area contributed by atoms with Crippen LogP contribution in [0.4, 0.5) is 0 Å². The van der Waals surface area contributed by atoms with Crippen molar-refractivity contribution in [1.82, 2.24) is 20.0 Å². The van der Waals surface area contributed by atoms with Gasteiger partial charge in [0.25, 0.3) is 0 Å². The zero-order valence-electron chi connectivity index (χ0n) is 10.9. The number of aromatic nitrogens is 2. The van der Waals surface area contributed by atoms with Crippen LogP contribution in [0.1, 0.15) is 20.8 Å². The maximum atomic E-state index is 11.8. The van der Waals surface area contributed by atoms with Gasteiger partial charge in [-0.05, 0) is 26.8 Å². The van der Waals surface area contributed by atoms with Crippen molar-refractivity contribution in [3.63, 3.8) is 0 Å². The minimum atomic E-state index is 0.155. The fraction of sp³-hybridized carbons (Fsp3) is 0.667. The number of hydrogen-bond acceptors (Lipinski definition) is 3. The first-order valence-electron chi connectivity index (χ1n) is 6.16. The van der Waals surface area contributed by atoms with Gasteiger partial charge in [0.05, 0.1) is 13.1 Å². The molecule has 0 aliphatic rings. The number of hydrogen-bond donors (Lipinski definition) is 1. The Balaban J connectivity index is 2.28. The van der Waals surface area contributed by atoms with Gasteiger partial charge in [-0.3, -0.25) is 9.48 Å². The lowest BCUT2D eigenvalue weighted by Crippen LogP contribution is -2.42. The molecule has 1 atom stereocenters. The van der Waals surface area contributed by atoms with E-state index in [4.69, 9.17) is 0 Å². The molecule has 0 fully saturated rings. The van der Waals surface area contributed by atoms with Gasteiger partial charge in [-0.25, -0.2) is 0 Å². The maximum absolute atomic E-state index is 11.8. The molecule has 1 rings (SSSR count). The van der Waals surface area contributed by atoms with Gasteiger partial charge in [-0.15, -0.1) is 0 Å². The molecule has 0 saturated carbocycles. The van der Waals surface area contributed by atoms with E-state index in [1.807, 2.05) is 35.7 Å². The standard InChI is InChI=1S/C12H22N4O/c1-4-15(5-2)12(17)9-13-11(3)10-16-8-6-7-14-16/h6-8,11,13H,4-5,9-10H2,1-3H3/t11-/m1/s1. The Morgan fingerprint density at radius 2 is 2.18 bits per heavy atom. The first-order valence-corrected chi connectivity index (χ1v) is 6.16. The molecule has 1 aromatic heterocycles. The lowest BCUT2D eigenvalue weighted by Gasteiger charge is -2.20. The van der Waals surface area contributed by atoms with E-state index in [9.17, 15) is 4.79 Å². The summed E-state index contributed by atoms with van der Waals surface area (Å²) in [6.07, 6.45) is 3.68. The highest BCUT2D eigenvalue weighted by atomic mass is 16.2. The van der Waals surface area contributed by atoms with Crippen molar-refractivity contribution in [2.24, 2.45) is 0 Å². The Morgan fingerprint density at radius 3 is 2.71 bits per heavy atom. The molecule has 96 valence electrons. The molecule has 0 radical (unpaired) electrons. The fourth-order valence-corrected chi connectivity index (χ4v) is 1.70. The lowest BCUT2D eigenvalue weighted by atomic mass is 10.3. The quantitative estimate of drug-likeness (QED) is 0.762. The Morgan fingerprint density at radius 1 is 1.47 bits per heavy atom. The van der Waals surface area contributed by atoms with Crippen LogP contribution in [0.25, 0.3) is 0 Å². The summed E-state index contributed by atoms with van der Waals surface area (Å²) in [6, 6.07) is 2.13. The van der Waals surface area contributed by atoms with Crippen molar-refractivity contribution >= 4 is 5.91 Å². The highest BCUT2D eigenvalue weighted by Crippen LogP contribution is 1.92. The second-order valence-corrected chi connectivity index (χ2v) is 4.08. The molecule has 0 aromatic carbocycles. The zero-order valence-corrected chi connectivity index (χ0v) is 10.9. The van der Waals surface area contributed by atoms with E-state index in [1.165, 1.54) is 0 Å². The topological polar surface area (TPSA) is 50.2 Å². The first kappa shape index (κ1) is 13.7. The van der Waals surface area contributed by atoms with Crippen LogP contribution in [0, 0.1) is 0 Å². The van der Waals surface area contributed by atoms with Crippen LogP contribution < -0.4 is 5.32 Å². The molecule has 1 N–H and O–H groups in total. The van der Waals surface area contributed by atoms with Gasteiger partial charge < -0.3 is 10.2 Å². The van der Waals surface area contributed by atoms with E-state index in [-0.39, 0.29) is 11.9 Å². The van der Waals surface area contributed by atoms with Gasteiger partial charge >= 0.3 is 0 Å². The predicted molar refractivity (Wildman–Crippen MR) is 67.6 cm³/mol. The third-order valence-electron chi connectivity index (χ3n) is 2.74. The molecular formula is C12H22N4O. The van der Waals surface area contributed by atoms with Crippen molar-refractivity contribution in [2.75, 3.05) is 19.6 Å². The van der Waals surface area contributed by atoms with Gasteiger partial charge in [-0.2, -0.15) is 5.10 Å². The Labute approximate surface area is 103 Å². The predicted octanol–water partition coefficient (Wildman–Crippen LogP) is 0.730. The van der Waals surface area contributed by atoms with E-state index in [1.54, 1.807) is 6.20 Å². The third-order valence-corrected chi connectivity index (χ3v) is 2.74. The molecule has 1 aromatic rings. The van der Waals surface area contributed by atoms with Crippen LogP contribution in [0.3, 0.4) is 0 Å². The Bertz CT molecular complexity index is 319. The van der Waals surface area contributed by atoms with E-state index in [0.717, 1.165) is 19.6 Å². The molecule has 5 heteroatoms. The molecule has 1 heterocycles. The van der Waals surface area contributed by atoms with E-state index < -0.39 is 0 Å². The summed E-state index contributed by atoms with van der Waals surface area (Å²) in [7, 11) is 0. The molecule has 1 amide bonds. The third kappa shape index (κ3) is 4.56. The maximum Gasteiger partial charge on any atom is 0.236 e. The molecule has 0 bridgehead atoms. The number of nitrogens with one attached hydrogen (secondary N) is 1. The zero-order chi connectivity index (χ0) is 12.7. The molecule has 5 nitrogen and oxygen atoms in total. The summed E-state index contributed by atoms with van der Waals surface area (Å²) in [5.41, 5.74) is 0. The molecule has 0 spiro atoms. The largest absolute Gasteiger partial charge is 0.342 e. The Hall–Kier alpha value is -1.36. The smallest absolute Gasteiger partial charge is 0.236 e. The SMILES string of the molecule is CCN(CC)C(=O)CN[C@H](C)Cn1cccn1. The van der Waals surface area contributed by atoms with Crippen LogP contribution in [-0.4, -0.2) is 46.3 Å². The van der Waals surface area contributed by atoms with Crippen molar-refractivity contribution in [2.45, 2.75) is 33.4 Å². The summed E-state index contributed by atoms with van der Waals surface area (Å²) in [4.78, 5) is 13.6. The molecule has 0 aliphatic heterocycles. The summed E-state index contributed by atoms with van der Waals surface area (Å²) < 4.78 is 1.86. The van der Waals surface area contributed by atoms with E-state index >= 15 is 0 Å². The molecule has 0 aliphatic carbocycles. The first-order chi connectivity index (χ1) is 8.17. The number of rotatable bonds is 7. The monoisotopic (exact) mass is 238 g/mol. The highest BCUT2D eigenvalue weighted by molar-refractivity contribution is 5.78. The van der Waals surface area contributed by atoms with Crippen molar-refractivity contribution < 1.29 is 4.79 Å². The highest BCUT2D eigenvalue weighted by Gasteiger charge is 2.10. The molecule has 0 unspecified atom stereocenters. The molecular weight excluding hydrogens is 216 g/mol. The average molecular weight is 238 g/mol. The van der Waals surface area contributed by atoms with Gasteiger partial charge in [0.15, 0.2) is 0 Å². The van der Waals surface area contributed by atoms with Crippen molar-refractivity contribution in [3.8, 4) is 0 Å².